The highest BCUT2D eigenvalue weighted by molar-refractivity contribution is 9.10. The van der Waals surface area contributed by atoms with Crippen molar-refractivity contribution in [3.8, 4) is 11.5 Å². The largest absolute Gasteiger partial charge is 0.457 e. The number of rotatable bonds is 4. The van der Waals surface area contributed by atoms with E-state index in [9.17, 15) is 8.78 Å². The monoisotopic (exact) mass is 341 g/mol. The van der Waals surface area contributed by atoms with E-state index in [1.165, 1.54) is 6.07 Å². The summed E-state index contributed by atoms with van der Waals surface area (Å²) in [6.07, 6.45) is 0. The fraction of sp³-hybridized carbons (Fsp3) is 0.200. The Morgan fingerprint density at radius 1 is 1.10 bits per heavy atom. The number of halogens is 3. The molecule has 0 fully saturated rings. The zero-order valence-corrected chi connectivity index (χ0v) is 12.7. The van der Waals surface area contributed by atoms with Crippen LogP contribution in [0.25, 0.3) is 0 Å². The summed E-state index contributed by atoms with van der Waals surface area (Å²) in [6.45, 7) is 1.99. The second kappa shape index (κ2) is 6.33. The van der Waals surface area contributed by atoms with E-state index in [-0.39, 0.29) is 11.8 Å². The van der Waals surface area contributed by atoms with Gasteiger partial charge in [-0.1, -0.05) is 22.0 Å². The first-order chi connectivity index (χ1) is 9.51. The molecule has 2 rings (SSSR count). The maximum absolute atomic E-state index is 13.2. The van der Waals surface area contributed by atoms with E-state index < -0.39 is 11.6 Å². The Morgan fingerprint density at radius 2 is 1.85 bits per heavy atom. The molecule has 1 unspecified atom stereocenters. The molecule has 106 valence electrons. The zero-order valence-electron chi connectivity index (χ0n) is 11.1. The lowest BCUT2D eigenvalue weighted by molar-refractivity contribution is 0.451. The molecule has 0 saturated carbocycles. The van der Waals surface area contributed by atoms with E-state index in [1.807, 2.05) is 26.1 Å². The zero-order chi connectivity index (χ0) is 14.7. The van der Waals surface area contributed by atoms with E-state index >= 15 is 0 Å². The first-order valence-corrected chi connectivity index (χ1v) is 6.90. The molecular formula is C15H14BrF2NO. The van der Waals surface area contributed by atoms with Gasteiger partial charge in [0.05, 0.1) is 0 Å². The predicted molar refractivity (Wildman–Crippen MR) is 78.0 cm³/mol. The molecule has 20 heavy (non-hydrogen) atoms. The molecule has 2 aromatic carbocycles. The van der Waals surface area contributed by atoms with Crippen LogP contribution >= 0.6 is 15.9 Å². The van der Waals surface area contributed by atoms with Crippen molar-refractivity contribution in [3.63, 3.8) is 0 Å². The second-order valence-electron chi connectivity index (χ2n) is 4.37. The van der Waals surface area contributed by atoms with E-state index in [2.05, 4.69) is 21.2 Å². The molecular weight excluding hydrogens is 328 g/mol. The minimum absolute atomic E-state index is 0.0726. The van der Waals surface area contributed by atoms with Gasteiger partial charge in [-0.3, -0.25) is 0 Å². The van der Waals surface area contributed by atoms with Crippen LogP contribution in [0.2, 0.25) is 0 Å². The molecule has 0 spiro atoms. The summed E-state index contributed by atoms with van der Waals surface area (Å²) in [6, 6.07) is 9.16. The standard InChI is InChI=1S/C15H14BrF2NO/c1-9(19-2)12-5-3-10(16)7-15(12)20-11-4-6-13(17)14(18)8-11/h3-9,19H,1-2H3. The van der Waals surface area contributed by atoms with Gasteiger partial charge in [0.1, 0.15) is 11.5 Å². The SMILES string of the molecule is CNC(C)c1ccc(Br)cc1Oc1ccc(F)c(F)c1. The van der Waals surface area contributed by atoms with Gasteiger partial charge in [0.25, 0.3) is 0 Å². The maximum Gasteiger partial charge on any atom is 0.162 e. The third-order valence-electron chi connectivity index (χ3n) is 2.99. The van der Waals surface area contributed by atoms with Gasteiger partial charge in [0.15, 0.2) is 11.6 Å². The lowest BCUT2D eigenvalue weighted by Gasteiger charge is -2.16. The van der Waals surface area contributed by atoms with Crippen molar-refractivity contribution < 1.29 is 13.5 Å². The molecule has 0 aliphatic rings. The molecule has 2 nitrogen and oxygen atoms in total. The molecule has 5 heteroatoms. The van der Waals surface area contributed by atoms with Crippen LogP contribution in [0.1, 0.15) is 18.5 Å². The van der Waals surface area contributed by atoms with Gasteiger partial charge in [-0.25, -0.2) is 8.78 Å². The molecule has 1 N–H and O–H groups in total. The smallest absolute Gasteiger partial charge is 0.162 e. The highest BCUT2D eigenvalue weighted by Gasteiger charge is 2.12. The summed E-state index contributed by atoms with van der Waals surface area (Å²) in [4.78, 5) is 0. The van der Waals surface area contributed by atoms with Gasteiger partial charge in [0.2, 0.25) is 0 Å². The van der Waals surface area contributed by atoms with Gasteiger partial charge >= 0.3 is 0 Å². The van der Waals surface area contributed by atoms with E-state index in [0.717, 1.165) is 22.2 Å². The van der Waals surface area contributed by atoms with Crippen molar-refractivity contribution >= 4 is 15.9 Å². The van der Waals surface area contributed by atoms with Crippen LogP contribution in [0, 0.1) is 11.6 Å². The third-order valence-corrected chi connectivity index (χ3v) is 3.49. The Morgan fingerprint density at radius 3 is 2.50 bits per heavy atom. The van der Waals surface area contributed by atoms with Gasteiger partial charge in [-0.2, -0.15) is 0 Å². The number of hydrogen-bond acceptors (Lipinski definition) is 2. The molecule has 0 aliphatic carbocycles. The summed E-state index contributed by atoms with van der Waals surface area (Å²) >= 11 is 3.37. The minimum Gasteiger partial charge on any atom is -0.457 e. The van der Waals surface area contributed by atoms with Gasteiger partial charge in [0, 0.05) is 22.1 Å². The molecule has 0 aromatic heterocycles. The second-order valence-corrected chi connectivity index (χ2v) is 5.29. The van der Waals surface area contributed by atoms with E-state index in [4.69, 9.17) is 4.74 Å². The number of ether oxygens (including phenoxy) is 1. The van der Waals surface area contributed by atoms with Crippen LogP contribution in [0.4, 0.5) is 8.78 Å². The molecule has 0 amide bonds. The van der Waals surface area contributed by atoms with Crippen LogP contribution < -0.4 is 10.1 Å². The number of hydrogen-bond donors (Lipinski definition) is 1. The van der Waals surface area contributed by atoms with Crippen LogP contribution in [0.5, 0.6) is 11.5 Å². The summed E-state index contributed by atoms with van der Waals surface area (Å²) in [5, 5.41) is 3.12. The van der Waals surface area contributed by atoms with Gasteiger partial charge < -0.3 is 10.1 Å². The van der Waals surface area contributed by atoms with Crippen LogP contribution in [-0.4, -0.2) is 7.05 Å². The Balaban J connectivity index is 2.36. The Kier molecular flexibility index (Phi) is 4.73. The van der Waals surface area contributed by atoms with Crippen LogP contribution in [-0.2, 0) is 0 Å². The van der Waals surface area contributed by atoms with Crippen molar-refractivity contribution in [3.05, 3.63) is 58.1 Å². The highest BCUT2D eigenvalue weighted by Crippen LogP contribution is 2.32. The topological polar surface area (TPSA) is 21.3 Å². The van der Waals surface area contributed by atoms with E-state index in [0.29, 0.717) is 5.75 Å². The fourth-order valence-corrected chi connectivity index (χ4v) is 2.12. The molecule has 1 atom stereocenters. The Bertz CT molecular complexity index is 619. The third kappa shape index (κ3) is 3.35. The fourth-order valence-electron chi connectivity index (χ4n) is 1.78. The predicted octanol–water partition coefficient (Wildman–Crippen LogP) is 4.80. The summed E-state index contributed by atoms with van der Waals surface area (Å²) in [7, 11) is 1.84. The molecule has 0 heterocycles. The van der Waals surface area contributed by atoms with Crippen LogP contribution in [0.3, 0.4) is 0 Å². The Hall–Kier alpha value is -1.46. The van der Waals surface area contributed by atoms with Crippen molar-refractivity contribution in [1.29, 1.82) is 0 Å². The van der Waals surface area contributed by atoms with Crippen molar-refractivity contribution in [1.82, 2.24) is 5.32 Å². The first kappa shape index (κ1) is 14.9. The average Bonchev–Trinajstić information content (AvgIpc) is 2.42. The van der Waals surface area contributed by atoms with Gasteiger partial charge in [-0.15, -0.1) is 0 Å². The molecule has 0 saturated heterocycles. The summed E-state index contributed by atoms with van der Waals surface area (Å²) in [5.74, 6) is -0.977. The first-order valence-electron chi connectivity index (χ1n) is 6.11. The van der Waals surface area contributed by atoms with Gasteiger partial charge in [-0.05, 0) is 38.2 Å². The van der Waals surface area contributed by atoms with Crippen molar-refractivity contribution in [2.45, 2.75) is 13.0 Å². The Labute approximate surface area is 124 Å². The number of nitrogens with one attached hydrogen (secondary N) is 1. The van der Waals surface area contributed by atoms with Crippen LogP contribution in [0.15, 0.2) is 40.9 Å². The summed E-state index contributed by atoms with van der Waals surface area (Å²) in [5.41, 5.74) is 0.931. The highest BCUT2D eigenvalue weighted by atomic mass is 79.9. The molecule has 0 radical (unpaired) electrons. The molecule has 0 bridgehead atoms. The average molecular weight is 342 g/mol. The minimum atomic E-state index is -0.930. The number of benzene rings is 2. The van der Waals surface area contributed by atoms with E-state index in [1.54, 1.807) is 6.07 Å². The lowest BCUT2D eigenvalue weighted by Crippen LogP contribution is -2.13. The maximum atomic E-state index is 13.2. The van der Waals surface area contributed by atoms with Crippen molar-refractivity contribution in [2.24, 2.45) is 0 Å². The lowest BCUT2D eigenvalue weighted by atomic mass is 10.1. The molecule has 0 aliphatic heterocycles. The summed E-state index contributed by atoms with van der Waals surface area (Å²) < 4.78 is 32.6. The normalized spacial score (nSPS) is 12.2. The van der Waals surface area contributed by atoms with Crippen molar-refractivity contribution in [2.75, 3.05) is 7.05 Å². The molecule has 2 aromatic rings. The quantitative estimate of drug-likeness (QED) is 0.862.